The summed E-state index contributed by atoms with van der Waals surface area (Å²) in [5.74, 6) is 0.386. The zero-order valence-electron chi connectivity index (χ0n) is 11.9. The molecule has 1 atom stereocenters. The fraction of sp³-hybridized carbons (Fsp3) is 0.500. The number of nitrogens with zero attached hydrogens (tertiary/aromatic N) is 1. The Morgan fingerprint density at radius 3 is 2.62 bits per heavy atom. The number of hydrogen-bond acceptors (Lipinski definition) is 5. The molecular weight excluding hydrogens is 319 g/mol. The smallest absolute Gasteiger partial charge is 0.258 e. The van der Waals surface area contributed by atoms with Gasteiger partial charge in [-0.2, -0.15) is 16.2 Å². The molecule has 1 N–H and O–H groups in total. The number of halogens is 1. The monoisotopic (exact) mass is 336 g/mol. The fourth-order valence-corrected chi connectivity index (χ4v) is 4.00. The molecule has 0 aliphatic heterocycles. The van der Waals surface area contributed by atoms with Crippen LogP contribution in [0.15, 0.2) is 17.0 Å². The first-order chi connectivity index (χ1) is 9.69. The van der Waals surface area contributed by atoms with Crippen LogP contribution in [0.2, 0.25) is 0 Å². The SMILES string of the molecule is CCSCC(C)NS(=O)(=O)c1cc([N+](=O)[O-])c(F)cc1C. The summed E-state index contributed by atoms with van der Waals surface area (Å²) in [7, 11) is -3.93. The number of hydrogen-bond donors (Lipinski definition) is 1. The summed E-state index contributed by atoms with van der Waals surface area (Å²) in [5.41, 5.74) is -0.725. The maximum Gasteiger partial charge on any atom is 0.306 e. The van der Waals surface area contributed by atoms with Crippen LogP contribution in [0, 0.1) is 22.9 Å². The van der Waals surface area contributed by atoms with Crippen LogP contribution in [0.5, 0.6) is 0 Å². The zero-order valence-corrected chi connectivity index (χ0v) is 13.6. The van der Waals surface area contributed by atoms with Crippen molar-refractivity contribution in [1.82, 2.24) is 4.72 Å². The first kappa shape index (κ1) is 17.9. The van der Waals surface area contributed by atoms with Gasteiger partial charge in [0.25, 0.3) is 0 Å². The molecule has 118 valence electrons. The Bertz CT molecular complexity index is 634. The van der Waals surface area contributed by atoms with Crippen molar-refractivity contribution in [2.75, 3.05) is 11.5 Å². The molecule has 6 nitrogen and oxygen atoms in total. The lowest BCUT2D eigenvalue weighted by atomic mass is 10.2. The Balaban J connectivity index is 3.13. The first-order valence-corrected chi connectivity index (χ1v) is 8.87. The van der Waals surface area contributed by atoms with Crippen LogP contribution in [0.3, 0.4) is 0 Å². The Kier molecular flexibility index (Phi) is 6.11. The third kappa shape index (κ3) is 4.65. The largest absolute Gasteiger partial charge is 0.306 e. The van der Waals surface area contributed by atoms with Crippen molar-refractivity contribution in [3.8, 4) is 0 Å². The fourth-order valence-electron chi connectivity index (χ4n) is 1.73. The third-order valence-electron chi connectivity index (χ3n) is 2.66. The minimum Gasteiger partial charge on any atom is -0.258 e. The van der Waals surface area contributed by atoms with Gasteiger partial charge in [0.1, 0.15) is 0 Å². The highest BCUT2D eigenvalue weighted by molar-refractivity contribution is 7.99. The highest BCUT2D eigenvalue weighted by atomic mass is 32.2. The number of nitro benzene ring substituents is 1. The Morgan fingerprint density at radius 1 is 1.48 bits per heavy atom. The van der Waals surface area contributed by atoms with E-state index in [1.807, 2.05) is 6.92 Å². The van der Waals surface area contributed by atoms with E-state index in [-0.39, 0.29) is 16.5 Å². The van der Waals surface area contributed by atoms with Gasteiger partial charge in [-0.15, -0.1) is 0 Å². The van der Waals surface area contributed by atoms with Crippen molar-refractivity contribution >= 4 is 27.5 Å². The Labute approximate surface area is 127 Å². The van der Waals surface area contributed by atoms with Crippen LogP contribution in [0.1, 0.15) is 19.4 Å². The number of thioether (sulfide) groups is 1. The molecule has 1 unspecified atom stereocenters. The molecule has 0 aliphatic carbocycles. The normalized spacial score (nSPS) is 13.1. The summed E-state index contributed by atoms with van der Waals surface area (Å²) in [5, 5.41) is 10.7. The Morgan fingerprint density at radius 2 is 2.10 bits per heavy atom. The number of rotatable bonds is 7. The first-order valence-electron chi connectivity index (χ1n) is 6.23. The average molecular weight is 336 g/mol. The van der Waals surface area contributed by atoms with Gasteiger partial charge >= 0.3 is 5.69 Å². The van der Waals surface area contributed by atoms with Crippen LogP contribution in [0.25, 0.3) is 0 Å². The number of benzene rings is 1. The van der Waals surface area contributed by atoms with Gasteiger partial charge in [0.15, 0.2) is 0 Å². The van der Waals surface area contributed by atoms with Crippen molar-refractivity contribution in [3.63, 3.8) is 0 Å². The molecular formula is C12H17FN2O4S2. The van der Waals surface area contributed by atoms with Crippen molar-refractivity contribution in [2.24, 2.45) is 0 Å². The molecule has 21 heavy (non-hydrogen) atoms. The molecule has 1 aromatic carbocycles. The van der Waals surface area contributed by atoms with E-state index in [1.165, 1.54) is 6.92 Å². The van der Waals surface area contributed by atoms with E-state index >= 15 is 0 Å². The highest BCUT2D eigenvalue weighted by Gasteiger charge is 2.25. The lowest BCUT2D eigenvalue weighted by molar-refractivity contribution is -0.387. The number of sulfonamides is 1. The number of aryl methyl sites for hydroxylation is 1. The summed E-state index contributed by atoms with van der Waals surface area (Å²) in [6, 6.07) is 1.29. The minimum atomic E-state index is -3.93. The van der Waals surface area contributed by atoms with E-state index in [9.17, 15) is 22.9 Å². The van der Waals surface area contributed by atoms with E-state index in [0.717, 1.165) is 17.9 Å². The molecule has 0 fully saturated rings. The van der Waals surface area contributed by atoms with Crippen molar-refractivity contribution < 1.29 is 17.7 Å². The lowest BCUT2D eigenvalue weighted by Gasteiger charge is -2.15. The second kappa shape index (κ2) is 7.19. The molecule has 0 amide bonds. The molecule has 0 heterocycles. The van der Waals surface area contributed by atoms with Crippen LogP contribution >= 0.6 is 11.8 Å². The van der Waals surface area contributed by atoms with Crippen LogP contribution in [-0.2, 0) is 10.0 Å². The van der Waals surface area contributed by atoms with Gasteiger partial charge in [-0.1, -0.05) is 6.92 Å². The molecule has 0 saturated heterocycles. The van der Waals surface area contributed by atoms with E-state index in [4.69, 9.17) is 0 Å². The predicted molar refractivity (Wildman–Crippen MR) is 80.6 cm³/mol. The van der Waals surface area contributed by atoms with Gasteiger partial charge in [-0.3, -0.25) is 10.1 Å². The van der Waals surface area contributed by atoms with Crippen molar-refractivity contribution in [2.45, 2.75) is 31.7 Å². The zero-order chi connectivity index (χ0) is 16.2. The molecule has 0 radical (unpaired) electrons. The van der Waals surface area contributed by atoms with Crippen LogP contribution in [0.4, 0.5) is 10.1 Å². The quantitative estimate of drug-likeness (QED) is 0.610. The summed E-state index contributed by atoms with van der Waals surface area (Å²) >= 11 is 1.57. The van der Waals surface area contributed by atoms with E-state index < -0.39 is 26.5 Å². The maximum atomic E-state index is 13.4. The molecule has 0 aliphatic rings. The van der Waals surface area contributed by atoms with E-state index in [1.54, 1.807) is 18.7 Å². The Hall–Kier alpha value is -1.19. The number of nitro groups is 1. The van der Waals surface area contributed by atoms with E-state index in [2.05, 4.69) is 4.72 Å². The maximum absolute atomic E-state index is 13.4. The van der Waals surface area contributed by atoms with Crippen molar-refractivity contribution in [1.29, 1.82) is 0 Å². The molecule has 0 spiro atoms. The second-order valence-electron chi connectivity index (χ2n) is 4.51. The lowest BCUT2D eigenvalue weighted by Crippen LogP contribution is -2.34. The van der Waals surface area contributed by atoms with Gasteiger partial charge in [-0.25, -0.2) is 13.1 Å². The van der Waals surface area contributed by atoms with Crippen molar-refractivity contribution in [3.05, 3.63) is 33.6 Å². The van der Waals surface area contributed by atoms with Crippen LogP contribution in [-0.4, -0.2) is 30.9 Å². The standard InChI is InChI=1S/C12H17FN2O4S2/c1-4-20-7-9(3)14-21(18,19)12-6-11(15(16)17)10(13)5-8(12)2/h5-6,9,14H,4,7H2,1-3H3. The van der Waals surface area contributed by atoms with Gasteiger partial charge in [0.2, 0.25) is 15.8 Å². The summed E-state index contributed by atoms with van der Waals surface area (Å²) in [6.45, 7) is 5.06. The molecule has 1 aromatic rings. The molecule has 0 bridgehead atoms. The molecule has 0 saturated carbocycles. The topological polar surface area (TPSA) is 89.3 Å². The number of nitrogens with one attached hydrogen (secondary N) is 1. The molecule has 0 aromatic heterocycles. The summed E-state index contributed by atoms with van der Waals surface area (Å²) in [6.07, 6.45) is 0. The summed E-state index contributed by atoms with van der Waals surface area (Å²) < 4.78 is 40.4. The van der Waals surface area contributed by atoms with Gasteiger partial charge in [0, 0.05) is 17.9 Å². The van der Waals surface area contributed by atoms with Gasteiger partial charge < -0.3 is 0 Å². The van der Waals surface area contributed by atoms with Crippen LogP contribution < -0.4 is 4.72 Å². The minimum absolute atomic E-state index is 0.126. The third-order valence-corrected chi connectivity index (χ3v) is 5.53. The van der Waals surface area contributed by atoms with Gasteiger partial charge in [0.05, 0.1) is 9.82 Å². The van der Waals surface area contributed by atoms with E-state index in [0.29, 0.717) is 5.75 Å². The summed E-state index contributed by atoms with van der Waals surface area (Å²) in [4.78, 5) is 9.51. The van der Waals surface area contributed by atoms with Gasteiger partial charge in [-0.05, 0) is 31.2 Å². The second-order valence-corrected chi connectivity index (χ2v) is 7.51. The highest BCUT2D eigenvalue weighted by Crippen LogP contribution is 2.25. The average Bonchev–Trinajstić information content (AvgIpc) is 2.34. The molecule has 1 rings (SSSR count). The predicted octanol–water partition coefficient (Wildman–Crippen LogP) is 2.46. The molecule has 9 heteroatoms.